The molecule has 120 valence electrons. The molecule has 5 nitrogen and oxygen atoms in total. The van der Waals surface area contributed by atoms with Crippen LogP contribution in [-0.2, 0) is 20.9 Å². The number of hydrogen-bond acceptors (Lipinski definition) is 4. The highest BCUT2D eigenvalue weighted by Gasteiger charge is 2.33. The average Bonchev–Trinajstić information content (AvgIpc) is 2.54. The van der Waals surface area contributed by atoms with E-state index in [1.165, 1.54) is 0 Å². The van der Waals surface area contributed by atoms with Crippen molar-refractivity contribution in [2.24, 2.45) is 5.92 Å². The Labute approximate surface area is 131 Å². The summed E-state index contributed by atoms with van der Waals surface area (Å²) in [5, 5.41) is 2.82. The Balaban J connectivity index is 1.84. The van der Waals surface area contributed by atoms with Gasteiger partial charge in [-0.2, -0.15) is 0 Å². The first-order valence-electron chi connectivity index (χ1n) is 7.84. The van der Waals surface area contributed by atoms with E-state index in [-0.39, 0.29) is 24.5 Å². The lowest BCUT2D eigenvalue weighted by Gasteiger charge is -2.30. The third-order valence-electron chi connectivity index (χ3n) is 3.87. The van der Waals surface area contributed by atoms with E-state index in [1.807, 2.05) is 30.3 Å². The summed E-state index contributed by atoms with van der Waals surface area (Å²) in [6.07, 6.45) is 3.04. The normalized spacial score (nSPS) is 21.0. The third-order valence-corrected chi connectivity index (χ3v) is 3.87. The summed E-state index contributed by atoms with van der Waals surface area (Å²) in [7, 11) is 0. The van der Waals surface area contributed by atoms with Crippen molar-refractivity contribution in [3.8, 4) is 0 Å². The molecule has 1 aromatic rings. The van der Waals surface area contributed by atoms with Gasteiger partial charge >= 0.3 is 12.1 Å². The van der Waals surface area contributed by atoms with Gasteiger partial charge in [0.05, 0.1) is 12.5 Å². The van der Waals surface area contributed by atoms with Gasteiger partial charge in [-0.1, -0.05) is 43.2 Å². The number of benzene rings is 1. The SMILES string of the molecule is CCOC(=O)C1CCCCC1NC(=O)OCc1ccccc1. The lowest BCUT2D eigenvalue weighted by atomic mass is 9.84. The minimum absolute atomic E-state index is 0.198. The number of nitrogens with one attached hydrogen (secondary N) is 1. The van der Waals surface area contributed by atoms with Crippen LogP contribution in [0.2, 0.25) is 0 Å². The van der Waals surface area contributed by atoms with Crippen LogP contribution in [0, 0.1) is 5.92 Å². The molecule has 1 saturated carbocycles. The maximum Gasteiger partial charge on any atom is 0.407 e. The second-order valence-electron chi connectivity index (χ2n) is 5.46. The molecule has 2 atom stereocenters. The molecular weight excluding hydrogens is 282 g/mol. The summed E-state index contributed by atoms with van der Waals surface area (Å²) in [6.45, 7) is 2.38. The van der Waals surface area contributed by atoms with E-state index in [4.69, 9.17) is 9.47 Å². The average molecular weight is 305 g/mol. The first-order chi connectivity index (χ1) is 10.7. The van der Waals surface area contributed by atoms with E-state index in [0.717, 1.165) is 31.2 Å². The van der Waals surface area contributed by atoms with Gasteiger partial charge in [0, 0.05) is 6.04 Å². The number of esters is 1. The van der Waals surface area contributed by atoms with Crippen LogP contribution < -0.4 is 5.32 Å². The topological polar surface area (TPSA) is 64.6 Å². The standard InChI is InChI=1S/C17H23NO4/c1-2-21-16(19)14-10-6-7-11-15(14)18-17(20)22-12-13-8-4-3-5-9-13/h3-5,8-9,14-15H,2,6-7,10-12H2,1H3,(H,18,20). The molecule has 0 aromatic heterocycles. The van der Waals surface area contributed by atoms with Crippen LogP contribution in [0.15, 0.2) is 30.3 Å². The molecule has 5 heteroatoms. The Hall–Kier alpha value is -2.04. The highest BCUT2D eigenvalue weighted by molar-refractivity contribution is 5.75. The number of alkyl carbamates (subject to hydrolysis) is 1. The fourth-order valence-electron chi connectivity index (χ4n) is 2.75. The molecule has 1 amide bonds. The smallest absolute Gasteiger partial charge is 0.407 e. The van der Waals surface area contributed by atoms with Gasteiger partial charge in [0.15, 0.2) is 0 Å². The summed E-state index contributed by atoms with van der Waals surface area (Å²) in [6, 6.07) is 9.31. The Bertz CT molecular complexity index is 489. The zero-order valence-electron chi connectivity index (χ0n) is 12.9. The summed E-state index contributed by atoms with van der Waals surface area (Å²) in [5.41, 5.74) is 0.934. The zero-order chi connectivity index (χ0) is 15.8. The largest absolute Gasteiger partial charge is 0.466 e. The number of carbonyl (C=O) groups excluding carboxylic acids is 2. The fourth-order valence-corrected chi connectivity index (χ4v) is 2.75. The number of hydrogen-bond donors (Lipinski definition) is 1. The van der Waals surface area contributed by atoms with Crippen LogP contribution in [0.4, 0.5) is 4.79 Å². The predicted octanol–water partition coefficient (Wildman–Crippen LogP) is 3.03. The molecule has 1 aliphatic carbocycles. The van der Waals surface area contributed by atoms with Crippen molar-refractivity contribution in [2.75, 3.05) is 6.61 Å². The molecule has 0 bridgehead atoms. The highest BCUT2D eigenvalue weighted by Crippen LogP contribution is 2.25. The third kappa shape index (κ3) is 4.76. The molecule has 2 unspecified atom stereocenters. The summed E-state index contributed by atoms with van der Waals surface area (Å²) < 4.78 is 10.3. The first kappa shape index (κ1) is 16.3. The van der Waals surface area contributed by atoms with Gasteiger partial charge in [-0.05, 0) is 25.3 Å². The quantitative estimate of drug-likeness (QED) is 0.849. The van der Waals surface area contributed by atoms with Crippen molar-refractivity contribution in [1.29, 1.82) is 0 Å². The van der Waals surface area contributed by atoms with Crippen molar-refractivity contribution in [3.05, 3.63) is 35.9 Å². The van der Waals surface area contributed by atoms with Crippen molar-refractivity contribution in [1.82, 2.24) is 5.32 Å². The van der Waals surface area contributed by atoms with Crippen LogP contribution in [-0.4, -0.2) is 24.7 Å². The maximum absolute atomic E-state index is 12.0. The first-order valence-corrected chi connectivity index (χ1v) is 7.84. The minimum Gasteiger partial charge on any atom is -0.466 e. The van der Waals surface area contributed by atoms with Gasteiger partial charge < -0.3 is 14.8 Å². The molecule has 0 aliphatic heterocycles. The van der Waals surface area contributed by atoms with Gasteiger partial charge in [-0.25, -0.2) is 4.79 Å². The van der Waals surface area contributed by atoms with E-state index in [2.05, 4.69) is 5.32 Å². The van der Waals surface area contributed by atoms with E-state index < -0.39 is 6.09 Å². The maximum atomic E-state index is 12.0. The Morgan fingerprint density at radius 3 is 2.59 bits per heavy atom. The van der Waals surface area contributed by atoms with Gasteiger partial charge in [0.1, 0.15) is 6.61 Å². The Kier molecular flexibility index (Phi) is 6.25. The monoisotopic (exact) mass is 305 g/mol. The highest BCUT2D eigenvalue weighted by atomic mass is 16.5. The summed E-state index contributed by atoms with van der Waals surface area (Å²) in [5.74, 6) is -0.492. The summed E-state index contributed by atoms with van der Waals surface area (Å²) >= 11 is 0. The van der Waals surface area contributed by atoms with Crippen LogP contribution in [0.25, 0.3) is 0 Å². The van der Waals surface area contributed by atoms with E-state index >= 15 is 0 Å². The van der Waals surface area contributed by atoms with Crippen LogP contribution in [0.1, 0.15) is 38.2 Å². The molecule has 0 spiro atoms. The van der Waals surface area contributed by atoms with Crippen molar-refractivity contribution in [3.63, 3.8) is 0 Å². The molecule has 1 aliphatic rings. The fraction of sp³-hybridized carbons (Fsp3) is 0.529. The lowest BCUT2D eigenvalue weighted by molar-refractivity contribution is -0.150. The van der Waals surface area contributed by atoms with E-state index in [9.17, 15) is 9.59 Å². The minimum atomic E-state index is -0.481. The molecule has 22 heavy (non-hydrogen) atoms. The van der Waals surface area contributed by atoms with Gasteiger partial charge in [0.25, 0.3) is 0 Å². The van der Waals surface area contributed by atoms with E-state index in [0.29, 0.717) is 6.61 Å². The van der Waals surface area contributed by atoms with Crippen molar-refractivity contribution in [2.45, 2.75) is 45.3 Å². The van der Waals surface area contributed by atoms with Crippen molar-refractivity contribution >= 4 is 12.1 Å². The van der Waals surface area contributed by atoms with Gasteiger partial charge in [-0.3, -0.25) is 4.79 Å². The molecule has 1 N–H and O–H groups in total. The van der Waals surface area contributed by atoms with Gasteiger partial charge in [0.2, 0.25) is 0 Å². The number of rotatable bonds is 5. The molecule has 1 fully saturated rings. The van der Waals surface area contributed by atoms with Crippen LogP contribution in [0.5, 0.6) is 0 Å². The number of amides is 1. The summed E-state index contributed by atoms with van der Waals surface area (Å²) in [4.78, 5) is 23.9. The van der Waals surface area contributed by atoms with Crippen molar-refractivity contribution < 1.29 is 19.1 Å². The molecule has 2 rings (SSSR count). The number of carbonyl (C=O) groups is 2. The molecule has 0 radical (unpaired) electrons. The number of ether oxygens (including phenoxy) is 2. The van der Waals surface area contributed by atoms with E-state index in [1.54, 1.807) is 6.92 Å². The van der Waals surface area contributed by atoms with Gasteiger partial charge in [-0.15, -0.1) is 0 Å². The second-order valence-corrected chi connectivity index (χ2v) is 5.46. The van der Waals surface area contributed by atoms with Crippen LogP contribution >= 0.6 is 0 Å². The second kappa shape index (κ2) is 8.41. The molecule has 0 heterocycles. The Morgan fingerprint density at radius 1 is 1.14 bits per heavy atom. The predicted molar refractivity (Wildman–Crippen MR) is 82.1 cm³/mol. The molecule has 1 aromatic carbocycles. The lowest BCUT2D eigenvalue weighted by Crippen LogP contribution is -2.45. The zero-order valence-corrected chi connectivity index (χ0v) is 12.9. The Morgan fingerprint density at radius 2 is 1.86 bits per heavy atom. The molecule has 0 saturated heterocycles. The van der Waals surface area contributed by atoms with Crippen LogP contribution in [0.3, 0.4) is 0 Å². The molecular formula is C17H23NO4.